The summed E-state index contributed by atoms with van der Waals surface area (Å²) in [5, 5.41) is 23.9. The van der Waals surface area contributed by atoms with Crippen LogP contribution in [0.15, 0.2) is 6.07 Å². The highest BCUT2D eigenvalue weighted by Crippen LogP contribution is 2.40. The number of amides is 1. The van der Waals surface area contributed by atoms with Crippen molar-refractivity contribution in [3.8, 4) is 0 Å². The first kappa shape index (κ1) is 13.8. The first-order valence-electron chi connectivity index (χ1n) is 5.97. The molecule has 1 amide bonds. The Labute approximate surface area is 114 Å². The second-order valence-electron chi connectivity index (χ2n) is 4.36. The van der Waals surface area contributed by atoms with Crippen LogP contribution in [0.25, 0.3) is 0 Å². The fourth-order valence-electron chi connectivity index (χ4n) is 1.92. The van der Waals surface area contributed by atoms with Crippen molar-refractivity contribution in [3.63, 3.8) is 0 Å². The molecule has 0 bridgehead atoms. The van der Waals surface area contributed by atoms with Crippen molar-refractivity contribution in [2.45, 2.75) is 19.4 Å². The van der Waals surface area contributed by atoms with Gasteiger partial charge in [0.1, 0.15) is 0 Å². The summed E-state index contributed by atoms with van der Waals surface area (Å²) in [4.78, 5) is 24.3. The van der Waals surface area contributed by atoms with Gasteiger partial charge in [0.15, 0.2) is 5.00 Å². The van der Waals surface area contributed by atoms with E-state index in [4.69, 9.17) is 0 Å². The van der Waals surface area contributed by atoms with Crippen molar-refractivity contribution in [2.24, 2.45) is 0 Å². The van der Waals surface area contributed by atoms with E-state index >= 15 is 0 Å². The van der Waals surface area contributed by atoms with Crippen molar-refractivity contribution < 1.29 is 14.8 Å². The maximum Gasteiger partial charge on any atom is 0.304 e. The highest BCUT2D eigenvalue weighted by Gasteiger charge is 2.26. The predicted octanol–water partition coefficient (Wildman–Crippen LogP) is 1.04. The number of carbonyl (C=O) groups excluding carboxylic acids is 1. The van der Waals surface area contributed by atoms with E-state index in [0.29, 0.717) is 35.9 Å². The Hall–Kier alpha value is -1.67. The summed E-state index contributed by atoms with van der Waals surface area (Å²) >= 11 is 1.21. The Balaban J connectivity index is 2.31. The van der Waals surface area contributed by atoms with E-state index in [1.807, 2.05) is 4.90 Å². The Morgan fingerprint density at radius 1 is 1.58 bits per heavy atom. The van der Waals surface area contributed by atoms with Gasteiger partial charge in [-0.3, -0.25) is 14.9 Å². The summed E-state index contributed by atoms with van der Waals surface area (Å²) in [6, 6.07) is 1.41. The molecular weight excluding hydrogens is 270 g/mol. The van der Waals surface area contributed by atoms with Crippen LogP contribution < -0.4 is 10.2 Å². The number of hydrogen-bond donors (Lipinski definition) is 2. The zero-order valence-corrected chi connectivity index (χ0v) is 11.3. The summed E-state index contributed by atoms with van der Waals surface area (Å²) in [5.41, 5.74) is -0.00440. The summed E-state index contributed by atoms with van der Waals surface area (Å²) in [6.45, 7) is 3.03. The Bertz CT molecular complexity index is 500. The molecule has 0 radical (unpaired) electrons. The first-order valence-corrected chi connectivity index (χ1v) is 6.78. The molecule has 1 aliphatic heterocycles. The number of nitro groups is 1. The van der Waals surface area contributed by atoms with Crippen LogP contribution in [-0.2, 0) is 4.79 Å². The van der Waals surface area contributed by atoms with Crippen LogP contribution in [0.1, 0.15) is 24.3 Å². The minimum atomic E-state index is -0.732. The molecule has 2 N–H and O–H groups in total. The third-order valence-corrected chi connectivity index (χ3v) is 4.28. The molecule has 0 spiro atoms. The molecule has 1 aliphatic rings. The van der Waals surface area contributed by atoms with E-state index in [-0.39, 0.29) is 11.6 Å². The molecule has 0 aromatic carbocycles. The number of carbonyl (C=O) groups is 1. The van der Waals surface area contributed by atoms with Crippen molar-refractivity contribution in [3.05, 3.63) is 21.1 Å². The topological polar surface area (TPSA) is 95.7 Å². The molecule has 1 atom stereocenters. The van der Waals surface area contributed by atoms with Crippen LogP contribution in [0.2, 0.25) is 0 Å². The second-order valence-corrected chi connectivity index (χ2v) is 5.42. The zero-order valence-electron chi connectivity index (χ0n) is 10.5. The van der Waals surface area contributed by atoms with E-state index in [2.05, 4.69) is 5.32 Å². The maximum absolute atomic E-state index is 11.3. The summed E-state index contributed by atoms with van der Waals surface area (Å²) < 4.78 is 0. The standard InChI is InChI=1S/C11H15N3O4S/c1-7(15)9-6-8(14(17)18)11(19-9)13-4-2-10(16)12-3-5-13/h6-7,15H,2-5H2,1H3,(H,12,16). The van der Waals surface area contributed by atoms with Crippen molar-refractivity contribution in [1.82, 2.24) is 5.32 Å². The minimum absolute atomic E-state index is 0.00440. The molecule has 7 nitrogen and oxygen atoms in total. The van der Waals surface area contributed by atoms with Gasteiger partial charge in [0.25, 0.3) is 0 Å². The lowest BCUT2D eigenvalue weighted by molar-refractivity contribution is -0.383. The fourth-order valence-corrected chi connectivity index (χ4v) is 3.04. The van der Waals surface area contributed by atoms with E-state index < -0.39 is 11.0 Å². The number of nitrogens with zero attached hydrogens (tertiary/aromatic N) is 2. The molecule has 0 saturated carbocycles. The van der Waals surface area contributed by atoms with Gasteiger partial charge < -0.3 is 15.3 Å². The number of thiophene rings is 1. The van der Waals surface area contributed by atoms with Crippen LogP contribution in [-0.4, -0.2) is 35.6 Å². The molecule has 0 aliphatic carbocycles. The lowest BCUT2D eigenvalue weighted by atomic mass is 10.3. The average Bonchev–Trinajstić information content (AvgIpc) is 2.68. The lowest BCUT2D eigenvalue weighted by Gasteiger charge is -2.18. The number of nitrogens with one attached hydrogen (secondary N) is 1. The van der Waals surface area contributed by atoms with Gasteiger partial charge in [-0.15, -0.1) is 11.3 Å². The van der Waals surface area contributed by atoms with E-state index in [1.54, 1.807) is 6.92 Å². The molecule has 1 aromatic heterocycles. The monoisotopic (exact) mass is 285 g/mol. The van der Waals surface area contributed by atoms with E-state index in [0.717, 1.165) is 0 Å². The quantitative estimate of drug-likeness (QED) is 0.639. The third-order valence-electron chi connectivity index (χ3n) is 2.92. The van der Waals surface area contributed by atoms with E-state index in [9.17, 15) is 20.0 Å². The number of anilines is 1. The molecule has 1 unspecified atom stereocenters. The molecule has 104 valence electrons. The van der Waals surface area contributed by atoms with Gasteiger partial charge in [0.05, 0.1) is 11.0 Å². The van der Waals surface area contributed by atoms with Crippen LogP contribution in [0.4, 0.5) is 10.7 Å². The third kappa shape index (κ3) is 3.02. The highest BCUT2D eigenvalue weighted by atomic mass is 32.1. The molecule has 8 heteroatoms. The predicted molar refractivity (Wildman–Crippen MR) is 71.4 cm³/mol. The van der Waals surface area contributed by atoms with Gasteiger partial charge in [-0.25, -0.2) is 0 Å². The van der Waals surface area contributed by atoms with Crippen molar-refractivity contribution >= 4 is 27.9 Å². The van der Waals surface area contributed by atoms with Gasteiger partial charge in [-0.1, -0.05) is 0 Å². The van der Waals surface area contributed by atoms with Gasteiger partial charge >= 0.3 is 5.69 Å². The normalized spacial score (nSPS) is 17.8. The second kappa shape index (κ2) is 5.54. The van der Waals surface area contributed by atoms with Crippen LogP contribution in [0.3, 0.4) is 0 Å². The first-order chi connectivity index (χ1) is 8.99. The van der Waals surface area contributed by atoms with Gasteiger partial charge in [0.2, 0.25) is 5.91 Å². The summed E-state index contributed by atoms with van der Waals surface area (Å²) in [5.74, 6) is -0.0440. The SMILES string of the molecule is CC(O)c1cc([N+](=O)[O-])c(N2CCNC(=O)CC2)s1. The number of aliphatic hydroxyl groups excluding tert-OH is 1. The average molecular weight is 285 g/mol. The Kier molecular flexibility index (Phi) is 4.01. The zero-order chi connectivity index (χ0) is 14.0. The molecule has 1 saturated heterocycles. The molecule has 19 heavy (non-hydrogen) atoms. The number of rotatable bonds is 3. The molecule has 2 rings (SSSR count). The Morgan fingerprint density at radius 3 is 2.95 bits per heavy atom. The summed E-state index contributed by atoms with van der Waals surface area (Å²) in [6.07, 6.45) is -0.414. The minimum Gasteiger partial charge on any atom is -0.388 e. The Morgan fingerprint density at radius 2 is 2.32 bits per heavy atom. The van der Waals surface area contributed by atoms with Crippen molar-refractivity contribution in [1.29, 1.82) is 0 Å². The maximum atomic E-state index is 11.3. The smallest absolute Gasteiger partial charge is 0.304 e. The molecule has 1 aromatic rings. The van der Waals surface area contributed by atoms with E-state index in [1.165, 1.54) is 17.4 Å². The highest BCUT2D eigenvalue weighted by molar-refractivity contribution is 7.16. The van der Waals surface area contributed by atoms with Crippen LogP contribution in [0.5, 0.6) is 0 Å². The number of hydrogen-bond acceptors (Lipinski definition) is 6. The lowest BCUT2D eigenvalue weighted by Crippen LogP contribution is -2.28. The number of aliphatic hydroxyl groups is 1. The van der Waals surface area contributed by atoms with Crippen LogP contribution >= 0.6 is 11.3 Å². The largest absolute Gasteiger partial charge is 0.388 e. The molecular formula is C11H15N3O4S. The fraction of sp³-hybridized carbons (Fsp3) is 0.545. The summed E-state index contributed by atoms with van der Waals surface area (Å²) in [7, 11) is 0. The van der Waals surface area contributed by atoms with Gasteiger partial charge in [-0.05, 0) is 6.92 Å². The van der Waals surface area contributed by atoms with Gasteiger partial charge in [-0.2, -0.15) is 0 Å². The molecule has 1 fully saturated rings. The molecule has 2 heterocycles. The van der Waals surface area contributed by atoms with Crippen LogP contribution in [0, 0.1) is 10.1 Å². The van der Waals surface area contributed by atoms with Crippen molar-refractivity contribution in [2.75, 3.05) is 24.5 Å². The van der Waals surface area contributed by atoms with Gasteiger partial charge in [0, 0.05) is 37.0 Å².